The maximum Gasteiger partial charge on any atom is 0.00580 e. The van der Waals surface area contributed by atoms with E-state index in [0.717, 1.165) is 10.8 Å². The van der Waals surface area contributed by atoms with Gasteiger partial charge in [-0.15, -0.1) is 0 Å². The van der Waals surface area contributed by atoms with Crippen LogP contribution >= 0.6 is 45.2 Å². The summed E-state index contributed by atoms with van der Waals surface area (Å²) in [4.78, 5) is 0. The van der Waals surface area contributed by atoms with Gasteiger partial charge >= 0.3 is 0 Å². The fourth-order valence-electron chi connectivity index (χ4n) is 1.63. The van der Waals surface area contributed by atoms with Crippen LogP contribution in [0.2, 0.25) is 0 Å². The summed E-state index contributed by atoms with van der Waals surface area (Å²) in [5.74, 6) is 0. The highest BCUT2D eigenvalue weighted by Crippen LogP contribution is 2.86. The van der Waals surface area contributed by atoms with E-state index in [1.165, 1.54) is 8.86 Å². The van der Waals surface area contributed by atoms with Crippen molar-refractivity contribution in [2.24, 2.45) is 10.8 Å². The van der Waals surface area contributed by atoms with Gasteiger partial charge in [0.2, 0.25) is 0 Å². The van der Waals surface area contributed by atoms with Crippen molar-refractivity contribution in [2.45, 2.75) is 12.8 Å². The van der Waals surface area contributed by atoms with Crippen molar-refractivity contribution in [1.82, 2.24) is 0 Å². The predicted molar refractivity (Wildman–Crippen MR) is 51.9 cm³/mol. The van der Waals surface area contributed by atoms with Gasteiger partial charge in [0.25, 0.3) is 0 Å². The van der Waals surface area contributed by atoms with E-state index in [4.69, 9.17) is 0 Å². The monoisotopic (exact) mass is 334 g/mol. The first-order valence-corrected chi connectivity index (χ1v) is 5.96. The van der Waals surface area contributed by atoms with Crippen LogP contribution in [-0.4, -0.2) is 8.86 Å². The molecule has 0 amide bonds. The second-order valence-electron chi connectivity index (χ2n) is 3.18. The maximum absolute atomic E-state index is 2.53. The van der Waals surface area contributed by atoms with Gasteiger partial charge in [-0.3, -0.25) is 0 Å². The largest absolute Gasteiger partial charge is 0.0857 e. The van der Waals surface area contributed by atoms with E-state index >= 15 is 0 Å². The van der Waals surface area contributed by atoms with Crippen molar-refractivity contribution in [2.75, 3.05) is 8.86 Å². The van der Waals surface area contributed by atoms with Gasteiger partial charge in [-0.05, 0) is 23.7 Å². The molecule has 46 valence electrons. The molecule has 0 N–H and O–H groups in total. The van der Waals surface area contributed by atoms with Crippen LogP contribution in [0.3, 0.4) is 0 Å². The lowest BCUT2D eigenvalue weighted by molar-refractivity contribution is 0.705. The second-order valence-corrected chi connectivity index (χ2v) is 4.71. The SMILES string of the molecule is ICC12CC1(CI)C2. The molecule has 0 radical (unpaired) electrons. The second kappa shape index (κ2) is 1.54. The van der Waals surface area contributed by atoms with Gasteiger partial charge in [-0.2, -0.15) is 0 Å². The van der Waals surface area contributed by atoms with Crippen molar-refractivity contribution in [1.29, 1.82) is 0 Å². The Hall–Kier alpha value is 1.46. The first-order chi connectivity index (χ1) is 3.79. The Kier molecular flexibility index (Phi) is 1.19. The van der Waals surface area contributed by atoms with Crippen molar-refractivity contribution in [3.8, 4) is 0 Å². The average Bonchev–Trinajstić information content (AvgIpc) is 2.48. The minimum atomic E-state index is 0.884. The highest BCUT2D eigenvalue weighted by atomic mass is 127. The zero-order valence-electron chi connectivity index (χ0n) is 4.58. The first-order valence-electron chi connectivity index (χ1n) is 2.91. The van der Waals surface area contributed by atoms with Crippen LogP contribution in [0.15, 0.2) is 0 Å². The first kappa shape index (κ1) is 6.19. The van der Waals surface area contributed by atoms with Crippen LogP contribution in [-0.2, 0) is 0 Å². The number of alkyl halides is 2. The van der Waals surface area contributed by atoms with Gasteiger partial charge in [0.15, 0.2) is 0 Å². The topological polar surface area (TPSA) is 0 Å². The summed E-state index contributed by atoms with van der Waals surface area (Å²) in [5.41, 5.74) is 1.77. The van der Waals surface area contributed by atoms with Crippen molar-refractivity contribution in [3.63, 3.8) is 0 Å². The molecule has 2 heteroatoms. The lowest BCUT2D eigenvalue weighted by atomic mass is 10.2. The Bertz CT molecular complexity index is 110. The fourth-order valence-corrected chi connectivity index (χ4v) is 4.32. The molecule has 2 rings (SSSR count). The molecule has 0 aliphatic heterocycles. The number of hydrogen-bond acceptors (Lipinski definition) is 0. The molecule has 0 atom stereocenters. The highest BCUT2D eigenvalue weighted by molar-refractivity contribution is 14.1. The van der Waals surface area contributed by atoms with Crippen molar-refractivity contribution >= 4 is 45.2 Å². The Balaban J connectivity index is 2.04. The lowest BCUT2D eigenvalue weighted by Crippen LogP contribution is -1.83. The molecule has 2 fully saturated rings. The molecule has 2 aliphatic carbocycles. The molecule has 0 saturated heterocycles. The summed E-state index contributed by atoms with van der Waals surface area (Å²) in [5, 5.41) is 0. The summed E-state index contributed by atoms with van der Waals surface area (Å²) in [6, 6.07) is 0. The zero-order chi connectivity index (χ0) is 5.83. The van der Waals surface area contributed by atoms with Gasteiger partial charge in [-0.1, -0.05) is 45.2 Å². The molecule has 0 unspecified atom stereocenters. The molecule has 8 heavy (non-hydrogen) atoms. The van der Waals surface area contributed by atoms with Crippen molar-refractivity contribution in [3.05, 3.63) is 0 Å². The summed E-state index contributed by atoms with van der Waals surface area (Å²) < 4.78 is 2.82. The summed E-state index contributed by atoms with van der Waals surface area (Å²) >= 11 is 5.06. The van der Waals surface area contributed by atoms with Crippen molar-refractivity contribution < 1.29 is 0 Å². The molecular formula is C6H8I2. The Morgan fingerprint density at radius 3 is 1.50 bits per heavy atom. The number of fused-ring (bicyclic) bond motifs is 1. The van der Waals surface area contributed by atoms with Gasteiger partial charge in [0.05, 0.1) is 0 Å². The molecule has 0 nitrogen and oxygen atoms in total. The third-order valence-electron chi connectivity index (χ3n) is 2.74. The van der Waals surface area contributed by atoms with Gasteiger partial charge in [0.1, 0.15) is 0 Å². The van der Waals surface area contributed by atoms with E-state index in [1.54, 1.807) is 12.8 Å². The standard InChI is InChI=1S/C6H8I2/c7-3-5-1-6(5,2-5)4-8/h1-4H2. The molecule has 0 aromatic carbocycles. The van der Waals surface area contributed by atoms with E-state index < -0.39 is 0 Å². The number of hydrogen-bond donors (Lipinski definition) is 0. The van der Waals surface area contributed by atoms with E-state index in [1.807, 2.05) is 0 Å². The van der Waals surface area contributed by atoms with Crippen LogP contribution in [0.25, 0.3) is 0 Å². The summed E-state index contributed by atoms with van der Waals surface area (Å²) in [6.45, 7) is 0. The Labute approximate surface area is 77.1 Å². The van der Waals surface area contributed by atoms with Crippen LogP contribution in [0.4, 0.5) is 0 Å². The lowest BCUT2D eigenvalue weighted by Gasteiger charge is -1.90. The molecule has 2 saturated carbocycles. The molecule has 0 spiro atoms. The highest BCUT2D eigenvalue weighted by Gasteiger charge is 2.80. The van der Waals surface area contributed by atoms with Gasteiger partial charge in [0, 0.05) is 8.86 Å². The van der Waals surface area contributed by atoms with Gasteiger partial charge < -0.3 is 0 Å². The average molecular weight is 334 g/mol. The Morgan fingerprint density at radius 1 is 1.00 bits per heavy atom. The summed E-state index contributed by atoms with van der Waals surface area (Å²) in [6.07, 6.45) is 3.10. The Morgan fingerprint density at radius 2 is 1.38 bits per heavy atom. The molecule has 0 aromatic rings. The van der Waals surface area contributed by atoms with Crippen LogP contribution in [0, 0.1) is 10.8 Å². The fraction of sp³-hybridized carbons (Fsp3) is 1.00. The molecule has 0 bridgehead atoms. The maximum atomic E-state index is 2.53. The third-order valence-corrected chi connectivity index (χ3v) is 5.66. The summed E-state index contributed by atoms with van der Waals surface area (Å²) in [7, 11) is 0. The number of rotatable bonds is 2. The quantitative estimate of drug-likeness (QED) is 0.538. The third kappa shape index (κ3) is 0.520. The van der Waals surface area contributed by atoms with Crippen LogP contribution < -0.4 is 0 Å². The van der Waals surface area contributed by atoms with E-state index in [2.05, 4.69) is 45.2 Å². The number of halogens is 2. The van der Waals surface area contributed by atoms with E-state index in [-0.39, 0.29) is 0 Å². The van der Waals surface area contributed by atoms with Crippen LogP contribution in [0.5, 0.6) is 0 Å². The minimum absolute atomic E-state index is 0.884. The minimum Gasteiger partial charge on any atom is -0.0857 e. The molecule has 0 heterocycles. The molecule has 2 aliphatic rings. The normalized spacial score (nSPS) is 57.8. The molecular weight excluding hydrogens is 326 g/mol. The smallest absolute Gasteiger partial charge is 0.00580 e. The van der Waals surface area contributed by atoms with E-state index in [9.17, 15) is 0 Å². The van der Waals surface area contributed by atoms with E-state index in [0.29, 0.717) is 0 Å². The van der Waals surface area contributed by atoms with Gasteiger partial charge in [-0.25, -0.2) is 0 Å². The molecule has 0 aromatic heterocycles. The van der Waals surface area contributed by atoms with Crippen LogP contribution in [0.1, 0.15) is 12.8 Å². The zero-order valence-corrected chi connectivity index (χ0v) is 8.90. The predicted octanol–water partition coefficient (Wildman–Crippen LogP) is 2.64.